The van der Waals surface area contributed by atoms with Gasteiger partial charge in [0.2, 0.25) is 0 Å². The highest BCUT2D eigenvalue weighted by Gasteiger charge is 2.38. The molecule has 7 nitrogen and oxygen atoms in total. The maximum absolute atomic E-state index is 12.1. The van der Waals surface area contributed by atoms with Crippen LogP contribution in [-0.4, -0.2) is 49.8 Å². The zero-order chi connectivity index (χ0) is 17.2. The number of hydrogen-bond donors (Lipinski definition) is 1. The zero-order valence-electron chi connectivity index (χ0n) is 13.5. The van der Waals surface area contributed by atoms with Crippen LogP contribution in [0.25, 0.3) is 21.7 Å². The summed E-state index contributed by atoms with van der Waals surface area (Å²) in [6.07, 6.45) is 4.09. The van der Waals surface area contributed by atoms with Gasteiger partial charge in [-0.1, -0.05) is 0 Å². The summed E-state index contributed by atoms with van der Waals surface area (Å²) in [5, 5.41) is 6.06. The highest BCUT2D eigenvalue weighted by atomic mass is 32.2. The molecule has 25 heavy (non-hydrogen) atoms. The SMILES string of the molecule is CS(=O)(=O)c1cc(-c2nccs2)c2oc(N3CC4CC(C3)N4)nc2c1. The van der Waals surface area contributed by atoms with Crippen LogP contribution < -0.4 is 10.2 Å². The van der Waals surface area contributed by atoms with Gasteiger partial charge < -0.3 is 14.6 Å². The fourth-order valence-corrected chi connectivity index (χ4v) is 4.84. The van der Waals surface area contributed by atoms with Crippen molar-refractivity contribution >= 4 is 38.3 Å². The number of hydrogen-bond acceptors (Lipinski definition) is 8. The van der Waals surface area contributed by atoms with E-state index < -0.39 is 9.84 Å². The van der Waals surface area contributed by atoms with Gasteiger partial charge >= 0.3 is 0 Å². The highest BCUT2D eigenvalue weighted by Crippen LogP contribution is 2.36. The Kier molecular flexibility index (Phi) is 3.22. The number of anilines is 1. The quantitative estimate of drug-likeness (QED) is 0.747. The number of benzene rings is 1. The summed E-state index contributed by atoms with van der Waals surface area (Å²) in [7, 11) is -3.35. The Morgan fingerprint density at radius 3 is 2.72 bits per heavy atom. The molecule has 1 aromatic carbocycles. The first-order valence-corrected chi connectivity index (χ1v) is 10.8. The molecule has 0 aliphatic carbocycles. The van der Waals surface area contributed by atoms with Gasteiger partial charge in [-0.15, -0.1) is 11.3 Å². The summed E-state index contributed by atoms with van der Waals surface area (Å²) in [4.78, 5) is 11.2. The fourth-order valence-electron chi connectivity index (χ4n) is 3.53. The van der Waals surface area contributed by atoms with Gasteiger partial charge in [0, 0.05) is 43.0 Å². The first-order valence-electron chi connectivity index (χ1n) is 8.03. The van der Waals surface area contributed by atoms with E-state index in [1.54, 1.807) is 18.3 Å². The summed E-state index contributed by atoms with van der Waals surface area (Å²) in [6, 6.07) is 4.73. The van der Waals surface area contributed by atoms with E-state index in [0.29, 0.717) is 34.8 Å². The molecule has 6 rings (SSSR count). The zero-order valence-corrected chi connectivity index (χ0v) is 15.1. The minimum absolute atomic E-state index is 0.230. The van der Waals surface area contributed by atoms with Gasteiger partial charge in [-0.2, -0.15) is 4.98 Å². The molecule has 3 aliphatic rings. The average molecular weight is 376 g/mol. The van der Waals surface area contributed by atoms with Gasteiger partial charge in [0.1, 0.15) is 10.5 Å². The largest absolute Gasteiger partial charge is 0.423 e. The van der Waals surface area contributed by atoms with Crippen LogP contribution in [0.3, 0.4) is 0 Å². The highest BCUT2D eigenvalue weighted by molar-refractivity contribution is 7.90. The van der Waals surface area contributed by atoms with Gasteiger partial charge in [0.05, 0.1) is 10.5 Å². The number of piperazine rings is 1. The predicted octanol–water partition coefficient (Wildman–Crippen LogP) is 1.91. The van der Waals surface area contributed by atoms with Crippen LogP contribution in [0.5, 0.6) is 0 Å². The Hall–Kier alpha value is -1.97. The Morgan fingerprint density at radius 2 is 2.08 bits per heavy atom. The third kappa shape index (κ3) is 2.54. The van der Waals surface area contributed by atoms with Crippen LogP contribution >= 0.6 is 11.3 Å². The topological polar surface area (TPSA) is 88.3 Å². The van der Waals surface area contributed by atoms with E-state index in [4.69, 9.17) is 4.42 Å². The number of sulfone groups is 1. The summed E-state index contributed by atoms with van der Waals surface area (Å²) >= 11 is 1.45. The average Bonchev–Trinajstić information content (AvgIpc) is 3.22. The Morgan fingerprint density at radius 1 is 1.32 bits per heavy atom. The van der Waals surface area contributed by atoms with Crippen molar-refractivity contribution in [2.24, 2.45) is 0 Å². The predicted molar refractivity (Wildman–Crippen MR) is 95.8 cm³/mol. The van der Waals surface area contributed by atoms with Gasteiger partial charge in [0.15, 0.2) is 15.4 Å². The van der Waals surface area contributed by atoms with E-state index >= 15 is 0 Å². The van der Waals surface area contributed by atoms with Gasteiger partial charge in [0.25, 0.3) is 6.01 Å². The second kappa shape index (κ2) is 5.26. The molecule has 3 saturated heterocycles. The molecule has 0 spiro atoms. The second-order valence-electron chi connectivity index (χ2n) is 6.63. The Balaban J connectivity index is 1.67. The smallest absolute Gasteiger partial charge is 0.298 e. The molecule has 130 valence electrons. The van der Waals surface area contributed by atoms with Crippen molar-refractivity contribution in [1.29, 1.82) is 0 Å². The van der Waals surface area contributed by atoms with Gasteiger partial charge in [-0.05, 0) is 18.6 Å². The molecule has 2 aromatic heterocycles. The number of piperidine rings is 1. The molecule has 3 aromatic rings. The van der Waals surface area contributed by atoms with Crippen LogP contribution in [0.15, 0.2) is 33.0 Å². The van der Waals surface area contributed by atoms with Crippen LogP contribution in [-0.2, 0) is 9.84 Å². The van der Waals surface area contributed by atoms with Crippen molar-refractivity contribution in [3.63, 3.8) is 0 Å². The van der Waals surface area contributed by atoms with Gasteiger partial charge in [-0.3, -0.25) is 0 Å². The third-order valence-corrected chi connectivity index (χ3v) is 6.63. The monoisotopic (exact) mass is 376 g/mol. The molecule has 0 saturated carbocycles. The number of aromatic nitrogens is 2. The molecule has 0 radical (unpaired) electrons. The van der Waals surface area contributed by atoms with Crippen LogP contribution in [0.1, 0.15) is 6.42 Å². The number of fused-ring (bicyclic) bond motifs is 3. The van der Waals surface area contributed by atoms with Crippen LogP contribution in [0.4, 0.5) is 6.01 Å². The van der Waals surface area contributed by atoms with Crippen molar-refractivity contribution in [2.45, 2.75) is 23.4 Å². The first kappa shape index (κ1) is 15.3. The first-order chi connectivity index (χ1) is 12.0. The minimum Gasteiger partial charge on any atom is -0.423 e. The summed E-state index contributed by atoms with van der Waals surface area (Å²) in [5.41, 5.74) is 1.81. The summed E-state index contributed by atoms with van der Waals surface area (Å²) < 4.78 is 30.2. The van der Waals surface area contributed by atoms with Crippen LogP contribution in [0, 0.1) is 0 Å². The molecule has 9 heteroatoms. The van der Waals surface area contributed by atoms with E-state index in [2.05, 4.69) is 20.2 Å². The number of oxazole rings is 1. The lowest BCUT2D eigenvalue weighted by Crippen LogP contribution is -2.67. The van der Waals surface area contributed by atoms with Gasteiger partial charge in [-0.25, -0.2) is 13.4 Å². The standard InChI is InChI=1S/C16H16N4O3S2/c1-25(21,22)11-5-12(15-17-2-3-24-15)14-13(6-11)19-16(23-14)20-7-9-4-10(8-20)18-9/h2-3,5-6,9-10,18H,4,7-8H2,1H3. The number of thiazole rings is 1. The molecular formula is C16H16N4O3S2. The van der Waals surface area contributed by atoms with E-state index in [0.717, 1.165) is 18.1 Å². The summed E-state index contributed by atoms with van der Waals surface area (Å²) in [6.45, 7) is 1.71. The van der Waals surface area contributed by atoms with E-state index in [1.165, 1.54) is 24.0 Å². The molecular weight excluding hydrogens is 360 g/mol. The Labute approximate surface area is 148 Å². The third-order valence-electron chi connectivity index (χ3n) is 4.74. The molecule has 2 bridgehead atoms. The van der Waals surface area contributed by atoms with Crippen molar-refractivity contribution in [3.05, 3.63) is 23.7 Å². The molecule has 2 unspecified atom stereocenters. The maximum atomic E-state index is 12.1. The lowest BCUT2D eigenvalue weighted by atomic mass is 9.92. The molecule has 0 amide bonds. The Bertz CT molecular complexity index is 1040. The van der Waals surface area contributed by atoms with Crippen molar-refractivity contribution in [3.8, 4) is 10.6 Å². The van der Waals surface area contributed by atoms with Crippen LogP contribution in [0.2, 0.25) is 0 Å². The molecule has 3 aliphatic heterocycles. The summed E-state index contributed by atoms with van der Waals surface area (Å²) in [5.74, 6) is 0. The molecule has 3 fully saturated rings. The van der Waals surface area contributed by atoms with E-state index in [9.17, 15) is 8.42 Å². The lowest BCUT2D eigenvalue weighted by Gasteiger charge is -2.47. The minimum atomic E-state index is -3.35. The van der Waals surface area contributed by atoms with E-state index in [1.807, 2.05) is 5.38 Å². The lowest BCUT2D eigenvalue weighted by molar-refractivity contribution is 0.220. The van der Waals surface area contributed by atoms with E-state index in [-0.39, 0.29) is 4.90 Å². The second-order valence-corrected chi connectivity index (χ2v) is 9.54. The number of nitrogens with one attached hydrogen (secondary N) is 1. The van der Waals surface area contributed by atoms with Crippen molar-refractivity contribution in [2.75, 3.05) is 24.2 Å². The maximum Gasteiger partial charge on any atom is 0.298 e. The fraction of sp³-hybridized carbons (Fsp3) is 0.375. The number of rotatable bonds is 3. The van der Waals surface area contributed by atoms with Crippen molar-refractivity contribution in [1.82, 2.24) is 15.3 Å². The molecule has 5 heterocycles. The molecule has 1 N–H and O–H groups in total. The normalized spacial score (nSPS) is 23.0. The number of nitrogens with zero attached hydrogens (tertiary/aromatic N) is 3. The van der Waals surface area contributed by atoms with Crippen molar-refractivity contribution < 1.29 is 12.8 Å². The molecule has 2 atom stereocenters.